The number of methoxy groups -OCH3 is 1. The highest BCUT2D eigenvalue weighted by Crippen LogP contribution is 2.44. The molecule has 198 valence electrons. The molecule has 2 unspecified atom stereocenters. The Bertz CT molecular complexity index is 1370. The number of aliphatic imine (C=N–C) groups is 1. The van der Waals surface area contributed by atoms with Crippen molar-refractivity contribution < 1.29 is 14.6 Å². The van der Waals surface area contributed by atoms with Crippen LogP contribution in [0.1, 0.15) is 66.5 Å². The summed E-state index contributed by atoms with van der Waals surface area (Å²) in [6, 6.07) is 11.4. The van der Waals surface area contributed by atoms with Gasteiger partial charge in [0.2, 0.25) is 5.84 Å². The maximum Gasteiger partial charge on any atom is 0.303 e. The highest BCUT2D eigenvalue weighted by Gasteiger charge is 2.33. The first-order valence-corrected chi connectivity index (χ1v) is 12.8. The molecular weight excluding hydrogens is 484 g/mol. The van der Waals surface area contributed by atoms with Crippen molar-refractivity contribution in [2.75, 3.05) is 24.0 Å². The molecule has 1 amide bonds. The number of benzene rings is 2. The summed E-state index contributed by atoms with van der Waals surface area (Å²) in [5.74, 6) is 1.53. The van der Waals surface area contributed by atoms with Crippen LogP contribution in [0.5, 0.6) is 5.75 Å². The lowest BCUT2D eigenvalue weighted by Crippen LogP contribution is -2.34. The van der Waals surface area contributed by atoms with Crippen LogP contribution in [0.4, 0.5) is 11.4 Å². The van der Waals surface area contributed by atoms with Crippen molar-refractivity contribution in [1.82, 2.24) is 20.6 Å². The summed E-state index contributed by atoms with van der Waals surface area (Å²) in [5, 5.41) is 29.8. The van der Waals surface area contributed by atoms with E-state index >= 15 is 0 Å². The lowest BCUT2D eigenvalue weighted by molar-refractivity contribution is -0.111. The Balaban J connectivity index is 1.37. The predicted molar refractivity (Wildman–Crippen MR) is 145 cm³/mol. The molecule has 1 aliphatic carbocycles. The molecule has 1 aliphatic heterocycles. The van der Waals surface area contributed by atoms with E-state index in [0.717, 1.165) is 53.9 Å². The summed E-state index contributed by atoms with van der Waals surface area (Å²) < 4.78 is 5.23. The summed E-state index contributed by atoms with van der Waals surface area (Å²) in [6.45, 7) is 4.46. The number of phenols is 1. The number of aromatic hydroxyl groups is 1. The minimum Gasteiger partial charge on any atom is -0.505 e. The van der Waals surface area contributed by atoms with Crippen LogP contribution in [0.3, 0.4) is 0 Å². The number of H-pyrrole nitrogens is 1. The molecule has 5 rings (SSSR count). The van der Waals surface area contributed by atoms with Crippen molar-refractivity contribution in [2.24, 2.45) is 10.1 Å². The predicted octanol–water partition coefficient (Wildman–Crippen LogP) is 4.17. The molecule has 11 nitrogen and oxygen atoms in total. The zero-order valence-corrected chi connectivity index (χ0v) is 21.8. The Morgan fingerprint density at radius 1 is 1.18 bits per heavy atom. The summed E-state index contributed by atoms with van der Waals surface area (Å²) in [6.07, 6.45) is 4.26. The number of nitrogens with zero attached hydrogens (tertiary/aromatic N) is 6. The summed E-state index contributed by atoms with van der Waals surface area (Å²) in [5.41, 5.74) is 7.10. The van der Waals surface area contributed by atoms with Gasteiger partial charge in [-0.3, -0.25) is 15.1 Å². The monoisotopic (exact) mass is 516 g/mol. The number of hydrazone groups is 1. The molecule has 2 heterocycles. The van der Waals surface area contributed by atoms with E-state index in [-0.39, 0.29) is 29.3 Å². The van der Waals surface area contributed by atoms with Gasteiger partial charge in [-0.15, -0.1) is 10.2 Å². The van der Waals surface area contributed by atoms with Gasteiger partial charge in [0.25, 0.3) is 0 Å². The van der Waals surface area contributed by atoms with E-state index in [1.807, 2.05) is 44.2 Å². The van der Waals surface area contributed by atoms with Gasteiger partial charge in [-0.05, 0) is 84.3 Å². The number of amidine groups is 2. The smallest absolute Gasteiger partial charge is 0.303 e. The fourth-order valence-corrected chi connectivity index (χ4v) is 5.16. The van der Waals surface area contributed by atoms with Crippen LogP contribution in [0.2, 0.25) is 0 Å². The molecule has 0 spiro atoms. The molecule has 3 N–H and O–H groups in total. The fourth-order valence-electron chi connectivity index (χ4n) is 5.16. The topological polar surface area (TPSA) is 141 Å². The number of aryl methyl sites for hydroxylation is 2. The molecule has 1 aromatic heterocycles. The molecule has 11 heteroatoms. The third-order valence-electron chi connectivity index (χ3n) is 7.38. The maximum atomic E-state index is 13.4. The van der Waals surface area contributed by atoms with E-state index in [1.165, 1.54) is 0 Å². The van der Waals surface area contributed by atoms with Crippen molar-refractivity contribution in [2.45, 2.75) is 57.8 Å². The molecule has 2 atom stereocenters. The fraction of sp³-hybridized carbons (Fsp3) is 0.407. The van der Waals surface area contributed by atoms with Gasteiger partial charge in [-0.25, -0.2) is 10.1 Å². The van der Waals surface area contributed by atoms with Crippen LogP contribution in [-0.4, -0.2) is 57.0 Å². The second kappa shape index (κ2) is 11.1. The van der Waals surface area contributed by atoms with Crippen molar-refractivity contribution >= 4 is 29.0 Å². The van der Waals surface area contributed by atoms with Crippen LogP contribution < -0.4 is 10.3 Å². The molecule has 38 heavy (non-hydrogen) atoms. The lowest BCUT2D eigenvalue weighted by Gasteiger charge is -2.28. The summed E-state index contributed by atoms with van der Waals surface area (Å²) in [4.78, 5) is 19.4. The molecule has 0 radical (unpaired) electrons. The number of hydrogen-bond acceptors (Lipinski definition) is 8. The highest BCUT2D eigenvalue weighted by molar-refractivity contribution is 6.54. The number of carbonyl (C=O) groups is 1. The lowest BCUT2D eigenvalue weighted by atomic mass is 9.77. The third kappa shape index (κ3) is 5.14. The number of tetrazole rings is 1. The van der Waals surface area contributed by atoms with Crippen molar-refractivity contribution in [3.8, 4) is 5.75 Å². The normalized spacial score (nSPS) is 20.7. The van der Waals surface area contributed by atoms with E-state index in [2.05, 4.69) is 36.1 Å². The Labute approximate surface area is 221 Å². The van der Waals surface area contributed by atoms with Gasteiger partial charge in [0.1, 0.15) is 11.6 Å². The van der Waals surface area contributed by atoms with Crippen LogP contribution in [0.15, 0.2) is 46.5 Å². The Hall–Kier alpha value is -4.12. The minimum atomic E-state index is -0.335. The van der Waals surface area contributed by atoms with Gasteiger partial charge in [0.05, 0.1) is 18.0 Å². The molecule has 2 aromatic carbocycles. The van der Waals surface area contributed by atoms with Gasteiger partial charge in [0, 0.05) is 19.4 Å². The maximum absolute atomic E-state index is 13.4. The van der Waals surface area contributed by atoms with E-state index in [0.29, 0.717) is 24.6 Å². The SMILES string of the molecule is COCCC1=N/C(=N/Nc2cccc(C3CCCC(c4nnn[nH]4)C3)c2O)C(=O)N1c1ccc(C)c(C)c1. The quantitative estimate of drug-likeness (QED) is 0.301. The van der Waals surface area contributed by atoms with Crippen molar-refractivity contribution in [1.29, 1.82) is 0 Å². The summed E-state index contributed by atoms with van der Waals surface area (Å²) in [7, 11) is 1.61. The number of para-hydroxylation sites is 1. The largest absolute Gasteiger partial charge is 0.505 e. The van der Waals surface area contributed by atoms with Gasteiger partial charge < -0.3 is 9.84 Å². The van der Waals surface area contributed by atoms with Crippen molar-refractivity contribution in [3.63, 3.8) is 0 Å². The highest BCUT2D eigenvalue weighted by atomic mass is 16.5. The number of carbonyl (C=O) groups excluding carboxylic acids is 1. The van der Waals surface area contributed by atoms with Gasteiger partial charge in [-0.2, -0.15) is 0 Å². The number of phenolic OH excluding ortho intramolecular Hbond substituents is 1. The van der Waals surface area contributed by atoms with Crippen LogP contribution in [0.25, 0.3) is 0 Å². The van der Waals surface area contributed by atoms with Crippen LogP contribution in [-0.2, 0) is 9.53 Å². The Morgan fingerprint density at radius 3 is 2.79 bits per heavy atom. The number of nitrogens with one attached hydrogen (secondary N) is 2. The second-order valence-electron chi connectivity index (χ2n) is 9.82. The Kier molecular flexibility index (Phi) is 7.45. The number of hydrogen-bond donors (Lipinski definition) is 3. The van der Waals surface area contributed by atoms with Gasteiger partial charge in [0.15, 0.2) is 5.82 Å². The minimum absolute atomic E-state index is 0.0229. The standard InChI is InChI=1S/C27H32N8O3/c1-16-10-11-20(14-17(16)2)35-23(12-13-38-3)28-26(27(35)37)30-29-22-9-5-8-21(24(22)36)18-6-4-7-19(15-18)25-31-33-34-32-25/h5,8-11,14,18-19,29,36H,4,6-7,12-13,15H2,1-3H3,(H,31,32,33,34)/b30-26+. The molecule has 3 aromatic rings. The van der Waals surface area contributed by atoms with Gasteiger partial charge in [-0.1, -0.05) is 24.6 Å². The second-order valence-corrected chi connectivity index (χ2v) is 9.82. The van der Waals surface area contributed by atoms with Gasteiger partial charge >= 0.3 is 5.91 Å². The average Bonchev–Trinajstić information content (AvgIpc) is 3.57. The number of amides is 1. The zero-order chi connectivity index (χ0) is 26.6. The van der Waals surface area contributed by atoms with Crippen molar-refractivity contribution in [3.05, 3.63) is 58.9 Å². The zero-order valence-electron chi connectivity index (χ0n) is 21.8. The first-order valence-electron chi connectivity index (χ1n) is 12.8. The van der Waals surface area contributed by atoms with E-state index in [1.54, 1.807) is 18.1 Å². The number of anilines is 2. The van der Waals surface area contributed by atoms with E-state index in [9.17, 15) is 9.90 Å². The first kappa shape index (κ1) is 25.5. The van der Waals surface area contributed by atoms with Crippen LogP contribution >= 0.6 is 0 Å². The number of ether oxygens (including phenoxy) is 1. The van der Waals surface area contributed by atoms with E-state index in [4.69, 9.17) is 4.74 Å². The summed E-state index contributed by atoms with van der Waals surface area (Å²) >= 11 is 0. The Morgan fingerprint density at radius 2 is 2.03 bits per heavy atom. The number of aromatic nitrogens is 4. The number of aromatic amines is 1. The van der Waals surface area contributed by atoms with Crippen LogP contribution in [0, 0.1) is 13.8 Å². The molecule has 1 saturated carbocycles. The third-order valence-corrected chi connectivity index (χ3v) is 7.38. The molecular formula is C27H32N8O3. The first-order chi connectivity index (χ1) is 18.5. The average molecular weight is 517 g/mol. The molecule has 0 bridgehead atoms. The molecule has 1 fully saturated rings. The van der Waals surface area contributed by atoms with E-state index < -0.39 is 0 Å². The molecule has 0 saturated heterocycles. The molecule has 2 aliphatic rings. The number of rotatable bonds is 8.